The molecule has 76 valence electrons. The topological polar surface area (TPSA) is 43.9 Å². The van der Waals surface area contributed by atoms with Gasteiger partial charge < -0.3 is 4.98 Å². The lowest BCUT2D eigenvalue weighted by Gasteiger charge is -1.99. The summed E-state index contributed by atoms with van der Waals surface area (Å²) in [6.45, 7) is 8.74. The highest BCUT2D eigenvalue weighted by Gasteiger charge is 2.09. The first-order valence-electron chi connectivity index (χ1n) is 4.82. The van der Waals surface area contributed by atoms with Gasteiger partial charge in [-0.3, -0.25) is 0 Å². The number of aromatic amines is 1. The van der Waals surface area contributed by atoms with Crippen LogP contribution in [-0.4, -0.2) is 4.98 Å². The number of hydrogen-bond donors (Lipinski definition) is 1. The fourth-order valence-corrected chi connectivity index (χ4v) is 1.61. The van der Waals surface area contributed by atoms with Crippen LogP contribution in [0, 0.1) is 24.8 Å². The van der Waals surface area contributed by atoms with Gasteiger partial charge in [0.05, 0.1) is 12.1 Å². The molecule has 1 aromatic heterocycles. The van der Waals surface area contributed by atoms with E-state index < -0.39 is 0 Å². The molecule has 1 N–H and O–H groups in total. The number of hydrogen-bond acceptors (Lipinski definition) is 1. The summed E-state index contributed by atoms with van der Waals surface area (Å²) in [5, 5.41) is 9.03. The summed E-state index contributed by atoms with van der Waals surface area (Å²) >= 11 is 0. The second-order valence-corrected chi connectivity index (χ2v) is 3.47. The normalized spacial score (nSPS) is 9.44. The Hall–Kier alpha value is -2.52. The van der Waals surface area contributed by atoms with Crippen molar-refractivity contribution in [1.82, 2.24) is 4.98 Å². The van der Waals surface area contributed by atoms with Crippen LogP contribution in [0.2, 0.25) is 0 Å². The van der Waals surface area contributed by atoms with Crippen molar-refractivity contribution in [3.8, 4) is 17.2 Å². The molecular formula is C13H9N3. The molecule has 0 aliphatic carbocycles. The number of aryl methyl sites for hydroxylation is 1. The van der Waals surface area contributed by atoms with Gasteiger partial charge in [-0.15, -0.1) is 0 Å². The SMILES string of the molecule is [C-]#[N+]c1ccc(-c2c[nH]c(C)c2C#N)cc1. The third-order valence-corrected chi connectivity index (χ3v) is 2.50. The number of nitrogens with one attached hydrogen (secondary N) is 1. The standard InChI is InChI=1S/C13H9N3/c1-9-12(7-14)13(8-16-9)10-3-5-11(15-2)6-4-10/h3-6,8,16H,1H3. The monoisotopic (exact) mass is 207 g/mol. The molecule has 0 saturated heterocycles. The summed E-state index contributed by atoms with van der Waals surface area (Å²) in [5.41, 5.74) is 3.97. The van der Waals surface area contributed by atoms with Crippen molar-refractivity contribution < 1.29 is 0 Å². The van der Waals surface area contributed by atoms with Crippen LogP contribution in [0.25, 0.3) is 16.0 Å². The zero-order valence-corrected chi connectivity index (χ0v) is 8.78. The minimum Gasteiger partial charge on any atom is -0.363 e. The highest BCUT2D eigenvalue weighted by molar-refractivity contribution is 5.72. The Bertz CT molecular complexity index is 592. The van der Waals surface area contributed by atoms with E-state index in [-0.39, 0.29) is 0 Å². The first-order chi connectivity index (χ1) is 7.76. The molecule has 0 aliphatic rings. The number of benzene rings is 1. The lowest BCUT2D eigenvalue weighted by molar-refractivity contribution is 1.25. The van der Waals surface area contributed by atoms with E-state index in [1.54, 1.807) is 12.1 Å². The fraction of sp³-hybridized carbons (Fsp3) is 0.0769. The van der Waals surface area contributed by atoms with Crippen LogP contribution in [-0.2, 0) is 0 Å². The van der Waals surface area contributed by atoms with Crippen molar-refractivity contribution in [2.45, 2.75) is 6.92 Å². The summed E-state index contributed by atoms with van der Waals surface area (Å²) in [6, 6.07) is 9.41. The third-order valence-electron chi connectivity index (χ3n) is 2.50. The largest absolute Gasteiger partial charge is 0.363 e. The van der Waals surface area contributed by atoms with Gasteiger partial charge in [-0.05, 0) is 12.5 Å². The smallest absolute Gasteiger partial charge is 0.187 e. The van der Waals surface area contributed by atoms with E-state index in [4.69, 9.17) is 11.8 Å². The summed E-state index contributed by atoms with van der Waals surface area (Å²) in [4.78, 5) is 6.36. The van der Waals surface area contributed by atoms with Crippen LogP contribution in [0.5, 0.6) is 0 Å². The van der Waals surface area contributed by atoms with Crippen molar-refractivity contribution in [3.63, 3.8) is 0 Å². The Labute approximate surface area is 93.8 Å². The molecule has 2 aromatic rings. The molecule has 0 unspecified atom stereocenters. The third kappa shape index (κ3) is 1.55. The van der Waals surface area contributed by atoms with E-state index in [1.165, 1.54) is 0 Å². The molecule has 0 fully saturated rings. The Balaban J connectivity index is 2.52. The minimum atomic E-state index is 0.606. The lowest BCUT2D eigenvalue weighted by atomic mass is 10.0. The van der Waals surface area contributed by atoms with Crippen molar-refractivity contribution in [2.24, 2.45) is 0 Å². The van der Waals surface area contributed by atoms with Crippen molar-refractivity contribution in [2.75, 3.05) is 0 Å². The van der Waals surface area contributed by atoms with Crippen molar-refractivity contribution >= 4 is 5.69 Å². The Morgan fingerprint density at radius 2 is 2.00 bits per heavy atom. The maximum atomic E-state index is 9.03. The van der Waals surface area contributed by atoms with Gasteiger partial charge in [0.1, 0.15) is 6.07 Å². The Morgan fingerprint density at radius 3 is 2.56 bits per heavy atom. The van der Waals surface area contributed by atoms with E-state index in [0.29, 0.717) is 11.3 Å². The van der Waals surface area contributed by atoms with Crippen molar-refractivity contribution in [3.05, 3.63) is 53.1 Å². The number of H-pyrrole nitrogens is 1. The lowest BCUT2D eigenvalue weighted by Crippen LogP contribution is -1.80. The quantitative estimate of drug-likeness (QED) is 0.715. The summed E-state index contributed by atoms with van der Waals surface area (Å²) < 4.78 is 0. The number of nitrogens with zero attached hydrogens (tertiary/aromatic N) is 2. The predicted octanol–water partition coefficient (Wildman–Crippen LogP) is 3.41. The van der Waals surface area contributed by atoms with Crippen LogP contribution in [0.4, 0.5) is 5.69 Å². The first kappa shape index (κ1) is 10.0. The van der Waals surface area contributed by atoms with Gasteiger partial charge in [-0.2, -0.15) is 5.26 Å². The highest BCUT2D eigenvalue weighted by atomic mass is 14.7. The highest BCUT2D eigenvalue weighted by Crippen LogP contribution is 2.27. The molecular weight excluding hydrogens is 198 g/mol. The minimum absolute atomic E-state index is 0.606. The predicted molar refractivity (Wildman–Crippen MR) is 61.9 cm³/mol. The molecule has 3 heteroatoms. The zero-order chi connectivity index (χ0) is 11.5. The number of nitriles is 1. The second kappa shape index (κ2) is 3.92. The average Bonchev–Trinajstić information content (AvgIpc) is 2.70. The van der Waals surface area contributed by atoms with E-state index in [1.807, 2.05) is 25.3 Å². The molecule has 3 nitrogen and oxygen atoms in total. The number of rotatable bonds is 1. The van der Waals surface area contributed by atoms with Gasteiger partial charge in [0.2, 0.25) is 0 Å². The van der Waals surface area contributed by atoms with E-state index in [0.717, 1.165) is 16.8 Å². The molecule has 0 aliphatic heterocycles. The van der Waals surface area contributed by atoms with E-state index in [9.17, 15) is 0 Å². The zero-order valence-electron chi connectivity index (χ0n) is 8.78. The van der Waals surface area contributed by atoms with Gasteiger partial charge in [0.25, 0.3) is 0 Å². The molecule has 1 aromatic carbocycles. The van der Waals surface area contributed by atoms with E-state index in [2.05, 4.69) is 15.9 Å². The average molecular weight is 207 g/mol. The van der Waals surface area contributed by atoms with Crippen LogP contribution >= 0.6 is 0 Å². The molecule has 0 amide bonds. The van der Waals surface area contributed by atoms with Gasteiger partial charge in [0.15, 0.2) is 5.69 Å². The van der Waals surface area contributed by atoms with Gasteiger partial charge in [-0.25, -0.2) is 4.85 Å². The van der Waals surface area contributed by atoms with Gasteiger partial charge in [0, 0.05) is 17.5 Å². The maximum absolute atomic E-state index is 9.03. The molecule has 0 atom stereocenters. The maximum Gasteiger partial charge on any atom is 0.187 e. The van der Waals surface area contributed by atoms with Crippen molar-refractivity contribution in [1.29, 1.82) is 5.26 Å². The molecule has 1 heterocycles. The molecule has 0 spiro atoms. The van der Waals surface area contributed by atoms with Crippen LogP contribution < -0.4 is 0 Å². The van der Waals surface area contributed by atoms with Crippen LogP contribution in [0.1, 0.15) is 11.3 Å². The van der Waals surface area contributed by atoms with Crippen LogP contribution in [0.3, 0.4) is 0 Å². The molecule has 0 radical (unpaired) electrons. The first-order valence-corrected chi connectivity index (χ1v) is 4.82. The second-order valence-electron chi connectivity index (χ2n) is 3.47. The Kier molecular flexibility index (Phi) is 2.45. The molecule has 16 heavy (non-hydrogen) atoms. The summed E-state index contributed by atoms with van der Waals surface area (Å²) in [6.07, 6.45) is 1.82. The molecule has 2 rings (SSSR count). The van der Waals surface area contributed by atoms with Gasteiger partial charge in [-0.1, -0.05) is 24.3 Å². The number of aromatic nitrogens is 1. The Morgan fingerprint density at radius 1 is 1.31 bits per heavy atom. The van der Waals surface area contributed by atoms with E-state index >= 15 is 0 Å². The van der Waals surface area contributed by atoms with Crippen LogP contribution in [0.15, 0.2) is 30.5 Å². The van der Waals surface area contributed by atoms with Gasteiger partial charge >= 0.3 is 0 Å². The molecule has 0 saturated carbocycles. The fourth-order valence-electron chi connectivity index (χ4n) is 1.61. The molecule has 0 bridgehead atoms. The summed E-state index contributed by atoms with van der Waals surface area (Å²) in [7, 11) is 0. The summed E-state index contributed by atoms with van der Waals surface area (Å²) in [5.74, 6) is 0.